The first-order chi connectivity index (χ1) is 8.20. The lowest BCUT2D eigenvalue weighted by molar-refractivity contribution is -0.137. The third-order valence-electron chi connectivity index (χ3n) is 2.10. The summed E-state index contributed by atoms with van der Waals surface area (Å²) in [6.45, 7) is 1.96. The van der Waals surface area contributed by atoms with Crippen LogP contribution < -0.4 is 10.6 Å². The fourth-order valence-corrected chi connectivity index (χ4v) is 1.39. The Bertz CT molecular complexity index is 496. The summed E-state index contributed by atoms with van der Waals surface area (Å²) >= 11 is 0. The molecule has 2 rings (SSSR count). The maximum absolute atomic E-state index is 11.6. The molecule has 0 saturated heterocycles. The molecule has 0 saturated carbocycles. The van der Waals surface area contributed by atoms with Crippen molar-refractivity contribution < 1.29 is 14.3 Å². The second-order valence-corrected chi connectivity index (χ2v) is 3.29. The topological polar surface area (TPSA) is 80.3 Å². The lowest BCUT2D eigenvalue weighted by atomic mass is 10.2. The van der Waals surface area contributed by atoms with E-state index in [0.717, 1.165) is 6.08 Å². The number of carbonyl (C=O) groups excluding carboxylic acids is 2. The Hall–Kier alpha value is -2.37. The summed E-state index contributed by atoms with van der Waals surface area (Å²) in [5, 5.41) is 5.39. The van der Waals surface area contributed by atoms with Crippen LogP contribution in [0.3, 0.4) is 0 Å². The molecule has 0 fully saturated rings. The number of ether oxygens (including phenoxy) is 1. The molecule has 0 atom stereocenters. The van der Waals surface area contributed by atoms with Crippen LogP contribution in [-0.4, -0.2) is 23.5 Å². The van der Waals surface area contributed by atoms with Crippen LogP contribution in [0, 0.1) is 0 Å². The number of aromatic nitrogens is 1. The molecule has 0 aromatic carbocycles. The van der Waals surface area contributed by atoms with E-state index in [1.807, 2.05) is 0 Å². The first kappa shape index (κ1) is 11.1. The zero-order chi connectivity index (χ0) is 12.3. The fourth-order valence-electron chi connectivity index (χ4n) is 1.39. The number of rotatable bonds is 2. The smallest absolute Gasteiger partial charge is 0.333 e. The molecule has 1 aromatic heterocycles. The number of fused-ring (bicyclic) bond motifs is 1. The number of esters is 1. The van der Waals surface area contributed by atoms with Gasteiger partial charge in [-0.3, -0.25) is 4.79 Å². The first-order valence-corrected chi connectivity index (χ1v) is 5.12. The Balaban J connectivity index is 2.23. The van der Waals surface area contributed by atoms with Crippen LogP contribution in [-0.2, 0) is 14.3 Å². The highest BCUT2D eigenvalue weighted by atomic mass is 16.5. The summed E-state index contributed by atoms with van der Waals surface area (Å²) in [6, 6.07) is 3.48. The summed E-state index contributed by atoms with van der Waals surface area (Å²) in [6.07, 6.45) is 2.69. The summed E-state index contributed by atoms with van der Waals surface area (Å²) in [5.74, 6) is -0.528. The van der Waals surface area contributed by atoms with Gasteiger partial charge in [-0.15, -0.1) is 0 Å². The normalized spacial score (nSPS) is 15.8. The van der Waals surface area contributed by atoms with Crippen molar-refractivity contribution in [1.29, 1.82) is 0 Å². The van der Waals surface area contributed by atoms with E-state index in [1.54, 1.807) is 25.3 Å². The fraction of sp³-hybridized carbons (Fsp3) is 0.182. The molecule has 1 aliphatic rings. The molecule has 2 heterocycles. The van der Waals surface area contributed by atoms with Crippen molar-refractivity contribution in [3.63, 3.8) is 0 Å². The summed E-state index contributed by atoms with van der Waals surface area (Å²) in [4.78, 5) is 26.8. The highest BCUT2D eigenvalue weighted by molar-refractivity contribution is 6.12. The average molecular weight is 233 g/mol. The third-order valence-corrected chi connectivity index (χ3v) is 2.10. The van der Waals surface area contributed by atoms with Crippen molar-refractivity contribution in [2.24, 2.45) is 0 Å². The van der Waals surface area contributed by atoms with E-state index in [-0.39, 0.29) is 12.3 Å². The quantitative estimate of drug-likeness (QED) is 0.585. The van der Waals surface area contributed by atoms with Crippen LogP contribution in [0.5, 0.6) is 0 Å². The molecule has 6 nitrogen and oxygen atoms in total. The van der Waals surface area contributed by atoms with Gasteiger partial charge >= 0.3 is 5.97 Å². The minimum atomic E-state index is -0.558. The van der Waals surface area contributed by atoms with Gasteiger partial charge in [0.15, 0.2) is 5.82 Å². The highest BCUT2D eigenvalue weighted by Crippen LogP contribution is 2.24. The molecular formula is C11H11N3O3. The van der Waals surface area contributed by atoms with Gasteiger partial charge in [0.25, 0.3) is 5.91 Å². The molecule has 2 N–H and O–H groups in total. The minimum Gasteiger partial charge on any atom is -0.463 e. The molecule has 0 bridgehead atoms. The summed E-state index contributed by atoms with van der Waals surface area (Å²) in [5.41, 5.74) is 0.784. The van der Waals surface area contributed by atoms with Crippen molar-refractivity contribution in [2.45, 2.75) is 6.92 Å². The number of carbonyl (C=O) groups is 2. The van der Waals surface area contributed by atoms with E-state index in [9.17, 15) is 9.59 Å². The number of anilines is 2. The standard InChI is InChI=1S/C11H11N3O3/c1-2-17-9(15)6-8-11(16)14-10-7(13-8)4-3-5-12-10/h3-6,13H,2H2,1H3,(H,12,14,16)/b8-6-. The van der Waals surface area contributed by atoms with Gasteiger partial charge in [-0.25, -0.2) is 9.78 Å². The predicted molar refractivity (Wildman–Crippen MR) is 61.2 cm³/mol. The van der Waals surface area contributed by atoms with E-state index < -0.39 is 11.9 Å². The van der Waals surface area contributed by atoms with Crippen LogP contribution in [0.25, 0.3) is 0 Å². The second-order valence-electron chi connectivity index (χ2n) is 3.29. The zero-order valence-corrected chi connectivity index (χ0v) is 9.19. The molecule has 17 heavy (non-hydrogen) atoms. The van der Waals surface area contributed by atoms with Crippen LogP contribution in [0.15, 0.2) is 30.1 Å². The molecule has 1 aliphatic heterocycles. The molecule has 1 aromatic rings. The number of pyridine rings is 1. The maximum Gasteiger partial charge on any atom is 0.333 e. The second kappa shape index (κ2) is 4.65. The highest BCUT2D eigenvalue weighted by Gasteiger charge is 2.21. The van der Waals surface area contributed by atoms with Crippen LogP contribution in [0.1, 0.15) is 6.92 Å². The van der Waals surface area contributed by atoms with E-state index in [2.05, 4.69) is 15.6 Å². The molecule has 0 radical (unpaired) electrons. The predicted octanol–water partition coefficient (Wildman–Crippen LogP) is 0.893. The SMILES string of the molecule is CCOC(=O)/C=C1\Nc2cccnc2NC1=O. The van der Waals surface area contributed by atoms with Gasteiger partial charge in [0.2, 0.25) is 0 Å². The number of hydrogen-bond donors (Lipinski definition) is 2. The Morgan fingerprint density at radius 1 is 1.53 bits per heavy atom. The Labute approximate surface area is 97.7 Å². The van der Waals surface area contributed by atoms with Gasteiger partial charge in [-0.2, -0.15) is 0 Å². The Kier molecular flexibility index (Phi) is 3.04. The van der Waals surface area contributed by atoms with Crippen molar-refractivity contribution in [3.8, 4) is 0 Å². The number of amides is 1. The van der Waals surface area contributed by atoms with Gasteiger partial charge < -0.3 is 15.4 Å². The number of nitrogens with zero attached hydrogens (tertiary/aromatic N) is 1. The zero-order valence-electron chi connectivity index (χ0n) is 9.19. The average Bonchev–Trinajstić information content (AvgIpc) is 2.30. The first-order valence-electron chi connectivity index (χ1n) is 5.12. The minimum absolute atomic E-state index is 0.143. The van der Waals surface area contributed by atoms with Crippen LogP contribution in [0.2, 0.25) is 0 Å². The van der Waals surface area contributed by atoms with Gasteiger partial charge in [0.1, 0.15) is 5.70 Å². The molecule has 88 valence electrons. The van der Waals surface area contributed by atoms with Crippen LogP contribution >= 0.6 is 0 Å². The summed E-state index contributed by atoms with van der Waals surface area (Å²) < 4.78 is 4.73. The van der Waals surface area contributed by atoms with Crippen molar-refractivity contribution in [2.75, 3.05) is 17.2 Å². The molecule has 0 unspecified atom stereocenters. The van der Waals surface area contributed by atoms with Gasteiger partial charge in [-0.1, -0.05) is 0 Å². The third kappa shape index (κ3) is 2.41. The number of nitrogens with one attached hydrogen (secondary N) is 2. The lowest BCUT2D eigenvalue weighted by Crippen LogP contribution is -2.27. The van der Waals surface area contributed by atoms with Gasteiger partial charge in [-0.05, 0) is 19.1 Å². The molecule has 0 aliphatic carbocycles. The molecule has 0 spiro atoms. The van der Waals surface area contributed by atoms with E-state index in [0.29, 0.717) is 11.5 Å². The maximum atomic E-state index is 11.6. The van der Waals surface area contributed by atoms with Gasteiger partial charge in [0.05, 0.1) is 18.4 Å². The van der Waals surface area contributed by atoms with Crippen LogP contribution in [0.4, 0.5) is 11.5 Å². The van der Waals surface area contributed by atoms with Crippen molar-refractivity contribution in [3.05, 3.63) is 30.1 Å². The van der Waals surface area contributed by atoms with Crippen molar-refractivity contribution >= 4 is 23.4 Å². The Morgan fingerprint density at radius 3 is 3.12 bits per heavy atom. The largest absolute Gasteiger partial charge is 0.463 e. The monoisotopic (exact) mass is 233 g/mol. The molecule has 1 amide bonds. The van der Waals surface area contributed by atoms with Crippen molar-refractivity contribution in [1.82, 2.24) is 4.98 Å². The van der Waals surface area contributed by atoms with Gasteiger partial charge in [0, 0.05) is 6.20 Å². The van der Waals surface area contributed by atoms with E-state index >= 15 is 0 Å². The lowest BCUT2D eigenvalue weighted by Gasteiger charge is -2.19. The number of hydrogen-bond acceptors (Lipinski definition) is 5. The van der Waals surface area contributed by atoms with E-state index in [1.165, 1.54) is 0 Å². The Morgan fingerprint density at radius 2 is 2.35 bits per heavy atom. The summed E-state index contributed by atoms with van der Waals surface area (Å²) in [7, 11) is 0. The van der Waals surface area contributed by atoms with E-state index in [4.69, 9.17) is 4.74 Å². The molecular weight excluding hydrogens is 222 g/mol. The molecule has 6 heteroatoms.